The van der Waals surface area contributed by atoms with Gasteiger partial charge in [0.1, 0.15) is 0 Å². The van der Waals surface area contributed by atoms with Crippen molar-refractivity contribution in [1.29, 1.82) is 0 Å². The van der Waals surface area contributed by atoms with Crippen LogP contribution in [0.2, 0.25) is 0 Å². The van der Waals surface area contributed by atoms with Gasteiger partial charge in [-0.25, -0.2) is 4.99 Å². The second kappa shape index (κ2) is 9.46. The number of para-hydroxylation sites is 1. The number of carbonyl (C=O) groups excluding carboxylic acids is 1. The molecule has 0 spiro atoms. The highest BCUT2D eigenvalue weighted by atomic mass is 32.2. The predicted molar refractivity (Wildman–Crippen MR) is 115 cm³/mol. The number of thioether (sulfide) groups is 1. The van der Waals surface area contributed by atoms with Crippen molar-refractivity contribution < 1.29 is 14.3 Å². The third-order valence-corrected chi connectivity index (χ3v) is 5.11. The minimum absolute atomic E-state index is 0.0182. The Morgan fingerprint density at radius 3 is 2.57 bits per heavy atom. The van der Waals surface area contributed by atoms with E-state index in [1.165, 1.54) is 11.8 Å². The third-order valence-electron chi connectivity index (χ3n) is 4.10. The van der Waals surface area contributed by atoms with Crippen molar-refractivity contribution in [1.82, 2.24) is 4.90 Å². The standard InChI is InChI=1S/C22H24N2O3S/c1-4-13-24-21(25)20(28-22(24)23-17-9-7-6-8-10-17)15-16-11-12-18(26-3)19(14-16)27-5-2/h6-12,14-15H,4-5,13H2,1-3H3. The number of benzene rings is 2. The molecule has 1 heterocycles. The molecule has 1 amide bonds. The van der Waals surface area contributed by atoms with Crippen molar-refractivity contribution >= 4 is 34.6 Å². The number of carbonyl (C=O) groups is 1. The van der Waals surface area contributed by atoms with E-state index in [-0.39, 0.29) is 5.91 Å². The van der Waals surface area contributed by atoms with Gasteiger partial charge in [0.25, 0.3) is 5.91 Å². The second-order valence-corrected chi connectivity index (χ2v) is 7.15. The van der Waals surface area contributed by atoms with Gasteiger partial charge >= 0.3 is 0 Å². The third kappa shape index (κ3) is 4.57. The van der Waals surface area contributed by atoms with Crippen molar-refractivity contribution in [2.45, 2.75) is 20.3 Å². The number of aliphatic imine (C=N–C) groups is 1. The first-order chi connectivity index (χ1) is 13.7. The smallest absolute Gasteiger partial charge is 0.266 e. The number of methoxy groups -OCH3 is 1. The number of nitrogens with zero attached hydrogens (tertiary/aromatic N) is 2. The first-order valence-corrected chi connectivity index (χ1v) is 10.1. The Bertz CT molecular complexity index is 894. The minimum atomic E-state index is -0.0182. The number of hydrogen-bond donors (Lipinski definition) is 0. The highest BCUT2D eigenvalue weighted by molar-refractivity contribution is 8.18. The lowest BCUT2D eigenvalue weighted by atomic mass is 10.2. The summed E-state index contributed by atoms with van der Waals surface area (Å²) in [4.78, 5) is 20.0. The number of hydrogen-bond acceptors (Lipinski definition) is 5. The monoisotopic (exact) mass is 396 g/mol. The van der Waals surface area contributed by atoms with Gasteiger partial charge in [0.05, 0.1) is 24.3 Å². The van der Waals surface area contributed by atoms with E-state index in [1.807, 2.05) is 61.5 Å². The number of amidine groups is 1. The lowest BCUT2D eigenvalue weighted by Gasteiger charge is -2.13. The normalized spacial score (nSPS) is 16.8. The van der Waals surface area contributed by atoms with E-state index in [0.29, 0.717) is 34.7 Å². The first-order valence-electron chi connectivity index (χ1n) is 9.32. The molecule has 1 fully saturated rings. The van der Waals surface area contributed by atoms with E-state index >= 15 is 0 Å². The van der Waals surface area contributed by atoms with Gasteiger partial charge in [-0.3, -0.25) is 9.69 Å². The van der Waals surface area contributed by atoms with Crippen molar-refractivity contribution in [3.63, 3.8) is 0 Å². The zero-order chi connectivity index (χ0) is 19.9. The molecule has 0 saturated carbocycles. The molecule has 3 rings (SSSR count). The molecule has 0 aromatic heterocycles. The molecule has 0 aliphatic carbocycles. The van der Waals surface area contributed by atoms with Gasteiger partial charge in [-0.2, -0.15) is 0 Å². The average molecular weight is 397 g/mol. The van der Waals surface area contributed by atoms with Crippen molar-refractivity contribution in [3.05, 3.63) is 59.0 Å². The molecule has 28 heavy (non-hydrogen) atoms. The van der Waals surface area contributed by atoms with E-state index < -0.39 is 0 Å². The molecule has 6 heteroatoms. The molecule has 146 valence electrons. The largest absolute Gasteiger partial charge is 0.493 e. The summed E-state index contributed by atoms with van der Waals surface area (Å²) in [7, 11) is 1.61. The van der Waals surface area contributed by atoms with E-state index in [4.69, 9.17) is 9.47 Å². The summed E-state index contributed by atoms with van der Waals surface area (Å²) in [6.07, 6.45) is 2.75. The zero-order valence-corrected chi connectivity index (χ0v) is 17.2. The molecule has 2 aromatic carbocycles. The van der Waals surface area contributed by atoms with Gasteiger partial charge in [0.15, 0.2) is 16.7 Å². The molecule has 0 N–H and O–H groups in total. The maximum Gasteiger partial charge on any atom is 0.266 e. The van der Waals surface area contributed by atoms with Gasteiger partial charge < -0.3 is 9.47 Å². The Morgan fingerprint density at radius 1 is 1.11 bits per heavy atom. The molecule has 1 aliphatic heterocycles. The van der Waals surface area contributed by atoms with Crippen LogP contribution >= 0.6 is 11.8 Å². The molecule has 1 saturated heterocycles. The molecule has 0 radical (unpaired) electrons. The molecule has 0 unspecified atom stereocenters. The first kappa shape index (κ1) is 20.0. The number of ether oxygens (including phenoxy) is 2. The van der Waals surface area contributed by atoms with E-state index in [2.05, 4.69) is 11.9 Å². The lowest BCUT2D eigenvalue weighted by Crippen LogP contribution is -2.29. The van der Waals surface area contributed by atoms with Crippen LogP contribution in [0, 0.1) is 0 Å². The van der Waals surface area contributed by atoms with Crippen LogP contribution in [-0.2, 0) is 4.79 Å². The topological polar surface area (TPSA) is 51.1 Å². The van der Waals surface area contributed by atoms with Crippen LogP contribution in [-0.4, -0.2) is 36.2 Å². The van der Waals surface area contributed by atoms with Gasteiger partial charge in [0.2, 0.25) is 0 Å². The van der Waals surface area contributed by atoms with Gasteiger partial charge in [0, 0.05) is 6.54 Å². The molecule has 5 nitrogen and oxygen atoms in total. The number of rotatable bonds is 7. The van der Waals surface area contributed by atoms with Crippen LogP contribution in [0.1, 0.15) is 25.8 Å². The SMILES string of the molecule is CCCN1C(=O)C(=Cc2ccc(OC)c(OCC)c2)SC1=Nc1ccccc1. The Balaban J connectivity index is 1.93. The van der Waals surface area contributed by atoms with Crippen molar-refractivity contribution in [2.75, 3.05) is 20.3 Å². The Kier molecular flexibility index (Phi) is 6.76. The minimum Gasteiger partial charge on any atom is -0.493 e. The Morgan fingerprint density at radius 2 is 1.89 bits per heavy atom. The van der Waals surface area contributed by atoms with Crippen LogP contribution in [0.25, 0.3) is 6.08 Å². The molecule has 0 atom stereocenters. The maximum atomic E-state index is 12.9. The molecular formula is C22H24N2O3S. The fourth-order valence-electron chi connectivity index (χ4n) is 2.83. The predicted octanol–water partition coefficient (Wildman–Crippen LogP) is 5.11. The van der Waals surface area contributed by atoms with Crippen LogP contribution in [0.4, 0.5) is 5.69 Å². The van der Waals surface area contributed by atoms with E-state index in [9.17, 15) is 4.79 Å². The highest BCUT2D eigenvalue weighted by Crippen LogP contribution is 2.36. The fourth-order valence-corrected chi connectivity index (χ4v) is 3.85. The molecule has 1 aliphatic rings. The van der Waals surface area contributed by atoms with Crippen molar-refractivity contribution in [2.24, 2.45) is 4.99 Å². The van der Waals surface area contributed by atoms with Crippen LogP contribution in [0.3, 0.4) is 0 Å². The van der Waals surface area contributed by atoms with Gasteiger partial charge in [-0.15, -0.1) is 0 Å². The molecule has 2 aromatic rings. The van der Waals surface area contributed by atoms with E-state index in [0.717, 1.165) is 17.7 Å². The van der Waals surface area contributed by atoms with Crippen molar-refractivity contribution in [3.8, 4) is 11.5 Å². The zero-order valence-electron chi connectivity index (χ0n) is 16.3. The summed E-state index contributed by atoms with van der Waals surface area (Å²) in [5.41, 5.74) is 1.72. The van der Waals surface area contributed by atoms with Crippen LogP contribution in [0.5, 0.6) is 11.5 Å². The average Bonchev–Trinajstić information content (AvgIpc) is 2.98. The molecule has 0 bridgehead atoms. The summed E-state index contributed by atoms with van der Waals surface area (Å²) < 4.78 is 11.0. The summed E-state index contributed by atoms with van der Waals surface area (Å²) >= 11 is 1.40. The summed E-state index contributed by atoms with van der Waals surface area (Å²) in [6, 6.07) is 15.3. The second-order valence-electron chi connectivity index (χ2n) is 6.14. The molecular weight excluding hydrogens is 372 g/mol. The highest BCUT2D eigenvalue weighted by Gasteiger charge is 2.32. The van der Waals surface area contributed by atoms with Gasteiger partial charge in [-0.05, 0) is 61.0 Å². The van der Waals surface area contributed by atoms with Crippen LogP contribution < -0.4 is 9.47 Å². The fraction of sp³-hybridized carbons (Fsp3) is 0.273. The summed E-state index contributed by atoms with van der Waals surface area (Å²) in [5.74, 6) is 1.32. The Hall–Kier alpha value is -2.73. The Labute approximate surface area is 170 Å². The lowest BCUT2D eigenvalue weighted by molar-refractivity contribution is -0.122. The number of amides is 1. The summed E-state index contributed by atoms with van der Waals surface area (Å²) in [6.45, 7) is 5.16. The maximum absolute atomic E-state index is 12.9. The van der Waals surface area contributed by atoms with Crippen LogP contribution in [0.15, 0.2) is 58.4 Å². The summed E-state index contributed by atoms with van der Waals surface area (Å²) in [5, 5.41) is 0.711. The van der Waals surface area contributed by atoms with E-state index in [1.54, 1.807) is 12.0 Å². The van der Waals surface area contributed by atoms with Gasteiger partial charge in [-0.1, -0.05) is 31.2 Å². The quantitative estimate of drug-likeness (QED) is 0.611.